The largest absolute Gasteiger partial charge is 0.347 e. The molecule has 0 radical (unpaired) electrons. The first-order valence-corrected chi connectivity index (χ1v) is 7.10. The maximum atomic E-state index is 13.2. The molecule has 94 valence electrons. The van der Waals surface area contributed by atoms with Gasteiger partial charge in [-0.2, -0.15) is 0 Å². The van der Waals surface area contributed by atoms with Crippen molar-refractivity contribution in [1.29, 1.82) is 0 Å². The van der Waals surface area contributed by atoms with E-state index in [4.69, 9.17) is 0 Å². The lowest BCUT2D eigenvalue weighted by Gasteiger charge is -2.25. The van der Waals surface area contributed by atoms with Crippen molar-refractivity contribution in [2.24, 2.45) is 0 Å². The van der Waals surface area contributed by atoms with E-state index in [9.17, 15) is 9.18 Å². The zero-order valence-corrected chi connectivity index (χ0v) is 12.9. The minimum atomic E-state index is -0.428. The number of carbonyl (C=O) groups excluding carboxylic acids is 1. The number of rotatable bonds is 4. The molecule has 0 saturated heterocycles. The van der Waals surface area contributed by atoms with Crippen LogP contribution in [0.5, 0.6) is 0 Å². The van der Waals surface area contributed by atoms with Crippen molar-refractivity contribution in [3.8, 4) is 0 Å². The number of nitrogens with one attached hydrogen (secondary N) is 1. The molecule has 1 rings (SSSR count). The molecule has 1 amide bonds. The Hall–Kier alpha value is -0.420. The van der Waals surface area contributed by atoms with E-state index in [1.165, 1.54) is 12.1 Å². The number of alkyl halides is 1. The van der Waals surface area contributed by atoms with Crippen molar-refractivity contribution in [2.75, 3.05) is 5.33 Å². The second-order valence-corrected chi connectivity index (χ2v) is 6.14. The molecule has 0 fully saturated rings. The van der Waals surface area contributed by atoms with Crippen molar-refractivity contribution in [3.05, 3.63) is 34.1 Å². The summed E-state index contributed by atoms with van der Waals surface area (Å²) >= 11 is 6.50. The standard InChI is InChI=1S/C12H14Br2FNO/c1-12(2,3-4-13)16-11(17)8-5-9(14)7-10(15)6-8/h5-7H,3-4H2,1-2H3,(H,16,17). The Morgan fingerprint density at radius 3 is 2.59 bits per heavy atom. The van der Waals surface area contributed by atoms with Crippen LogP contribution in [0.1, 0.15) is 30.6 Å². The summed E-state index contributed by atoms with van der Waals surface area (Å²) in [4.78, 5) is 11.9. The Balaban J connectivity index is 2.83. The van der Waals surface area contributed by atoms with Gasteiger partial charge in [-0.3, -0.25) is 4.79 Å². The average Bonchev–Trinajstić information content (AvgIpc) is 2.14. The van der Waals surface area contributed by atoms with E-state index in [2.05, 4.69) is 37.2 Å². The Morgan fingerprint density at radius 1 is 1.41 bits per heavy atom. The van der Waals surface area contributed by atoms with E-state index in [-0.39, 0.29) is 11.4 Å². The molecule has 0 aliphatic heterocycles. The van der Waals surface area contributed by atoms with Crippen LogP contribution in [0.25, 0.3) is 0 Å². The van der Waals surface area contributed by atoms with Crippen LogP contribution in [0.2, 0.25) is 0 Å². The van der Waals surface area contributed by atoms with Gasteiger partial charge in [-0.1, -0.05) is 31.9 Å². The minimum absolute atomic E-state index is 0.267. The Bertz CT molecular complexity index is 401. The number of hydrogen-bond acceptors (Lipinski definition) is 1. The molecule has 0 bridgehead atoms. The van der Waals surface area contributed by atoms with Gasteiger partial charge < -0.3 is 5.32 Å². The van der Waals surface area contributed by atoms with E-state index >= 15 is 0 Å². The normalized spacial score (nSPS) is 11.4. The number of carbonyl (C=O) groups is 1. The monoisotopic (exact) mass is 365 g/mol. The van der Waals surface area contributed by atoms with E-state index in [1.807, 2.05) is 13.8 Å². The average molecular weight is 367 g/mol. The first kappa shape index (κ1) is 14.6. The van der Waals surface area contributed by atoms with Crippen molar-refractivity contribution >= 4 is 37.8 Å². The third kappa shape index (κ3) is 4.76. The summed E-state index contributed by atoms with van der Waals surface area (Å²) in [6, 6.07) is 4.15. The van der Waals surface area contributed by atoms with Gasteiger partial charge in [-0.05, 0) is 38.5 Å². The van der Waals surface area contributed by atoms with Crippen LogP contribution in [0.4, 0.5) is 4.39 Å². The molecular weight excluding hydrogens is 353 g/mol. The van der Waals surface area contributed by atoms with Crippen LogP contribution in [0.15, 0.2) is 22.7 Å². The minimum Gasteiger partial charge on any atom is -0.347 e. The Labute approximate surface area is 117 Å². The van der Waals surface area contributed by atoms with E-state index in [1.54, 1.807) is 6.07 Å². The molecule has 0 heterocycles. The fourth-order valence-electron chi connectivity index (χ4n) is 1.36. The molecule has 0 aliphatic rings. The first-order chi connectivity index (χ1) is 7.84. The van der Waals surface area contributed by atoms with Crippen molar-refractivity contribution < 1.29 is 9.18 Å². The van der Waals surface area contributed by atoms with Crippen LogP contribution in [0, 0.1) is 5.82 Å². The number of hydrogen-bond donors (Lipinski definition) is 1. The summed E-state index contributed by atoms with van der Waals surface area (Å²) in [5.41, 5.74) is -0.00106. The highest BCUT2D eigenvalue weighted by molar-refractivity contribution is 9.10. The second kappa shape index (κ2) is 5.96. The smallest absolute Gasteiger partial charge is 0.251 e. The van der Waals surface area contributed by atoms with Crippen molar-refractivity contribution in [1.82, 2.24) is 5.32 Å². The van der Waals surface area contributed by atoms with Gasteiger partial charge in [0.25, 0.3) is 5.91 Å². The molecule has 0 aromatic heterocycles. The van der Waals surface area contributed by atoms with Crippen LogP contribution in [0.3, 0.4) is 0 Å². The molecule has 2 nitrogen and oxygen atoms in total. The highest BCUT2D eigenvalue weighted by Gasteiger charge is 2.20. The van der Waals surface area contributed by atoms with Gasteiger partial charge in [0.2, 0.25) is 0 Å². The molecule has 1 N–H and O–H groups in total. The summed E-state index contributed by atoms with van der Waals surface area (Å²) in [6.07, 6.45) is 0.801. The number of amides is 1. The third-order valence-corrected chi connectivity index (χ3v) is 3.15. The first-order valence-electron chi connectivity index (χ1n) is 5.18. The fraction of sp³-hybridized carbons (Fsp3) is 0.417. The van der Waals surface area contributed by atoms with Gasteiger partial charge in [0.1, 0.15) is 5.82 Å². The zero-order valence-electron chi connectivity index (χ0n) is 9.69. The highest BCUT2D eigenvalue weighted by Crippen LogP contribution is 2.17. The molecule has 0 unspecified atom stereocenters. The van der Waals surface area contributed by atoms with Crippen molar-refractivity contribution in [3.63, 3.8) is 0 Å². The van der Waals surface area contributed by atoms with Crippen LogP contribution in [-0.4, -0.2) is 16.8 Å². The van der Waals surface area contributed by atoms with Crippen LogP contribution in [-0.2, 0) is 0 Å². The predicted octanol–water partition coefficient (Wildman–Crippen LogP) is 3.88. The van der Waals surface area contributed by atoms with E-state index in [0.717, 1.165) is 11.8 Å². The van der Waals surface area contributed by atoms with Crippen molar-refractivity contribution in [2.45, 2.75) is 25.8 Å². The molecule has 1 aromatic rings. The molecule has 17 heavy (non-hydrogen) atoms. The quantitative estimate of drug-likeness (QED) is 0.805. The third-order valence-electron chi connectivity index (χ3n) is 2.30. The summed E-state index contributed by atoms with van der Waals surface area (Å²) in [5.74, 6) is -0.695. The molecule has 5 heteroatoms. The SMILES string of the molecule is CC(C)(CCBr)NC(=O)c1cc(F)cc(Br)c1. The van der Waals surface area contributed by atoms with Crippen LogP contribution < -0.4 is 5.32 Å². The van der Waals surface area contributed by atoms with E-state index in [0.29, 0.717) is 10.0 Å². The number of halogens is 3. The lowest BCUT2D eigenvalue weighted by molar-refractivity contribution is 0.0911. The maximum Gasteiger partial charge on any atom is 0.251 e. The molecule has 0 saturated carbocycles. The van der Waals surface area contributed by atoms with Gasteiger partial charge in [-0.25, -0.2) is 4.39 Å². The molecule has 1 aromatic carbocycles. The Morgan fingerprint density at radius 2 is 2.06 bits per heavy atom. The van der Waals surface area contributed by atoms with Gasteiger partial charge >= 0.3 is 0 Å². The molecule has 0 aliphatic carbocycles. The summed E-state index contributed by atoms with van der Waals surface area (Å²) in [6.45, 7) is 3.86. The zero-order chi connectivity index (χ0) is 13.1. The highest BCUT2D eigenvalue weighted by atomic mass is 79.9. The molecule has 0 atom stereocenters. The molecular formula is C12H14Br2FNO. The van der Waals surface area contributed by atoms with Gasteiger partial charge in [0.15, 0.2) is 0 Å². The van der Waals surface area contributed by atoms with Gasteiger partial charge in [0, 0.05) is 20.9 Å². The van der Waals surface area contributed by atoms with Gasteiger partial charge in [0.05, 0.1) is 0 Å². The predicted molar refractivity (Wildman–Crippen MR) is 74.1 cm³/mol. The fourth-order valence-corrected chi connectivity index (χ4v) is 2.82. The number of benzene rings is 1. The maximum absolute atomic E-state index is 13.2. The second-order valence-electron chi connectivity index (χ2n) is 4.44. The topological polar surface area (TPSA) is 29.1 Å². The van der Waals surface area contributed by atoms with E-state index < -0.39 is 5.82 Å². The lowest BCUT2D eigenvalue weighted by Crippen LogP contribution is -2.43. The Kier molecular flexibility index (Phi) is 5.13. The van der Waals surface area contributed by atoms with Crippen LogP contribution >= 0.6 is 31.9 Å². The van der Waals surface area contributed by atoms with Gasteiger partial charge in [-0.15, -0.1) is 0 Å². The molecule has 0 spiro atoms. The summed E-state index contributed by atoms with van der Waals surface area (Å²) < 4.78 is 13.7. The summed E-state index contributed by atoms with van der Waals surface area (Å²) in [5, 5.41) is 3.67. The summed E-state index contributed by atoms with van der Waals surface area (Å²) in [7, 11) is 0. The lowest BCUT2D eigenvalue weighted by atomic mass is 10.0.